The van der Waals surface area contributed by atoms with E-state index >= 15 is 0 Å². The third kappa shape index (κ3) is 3.79. The molecule has 0 aromatic heterocycles. The van der Waals surface area contributed by atoms with E-state index in [4.69, 9.17) is 15.4 Å². The molecule has 0 amide bonds. The van der Waals surface area contributed by atoms with Crippen molar-refractivity contribution in [3.05, 3.63) is 0 Å². The number of nitrogens with zero attached hydrogens (tertiary/aromatic N) is 1. The molecular weight excluding hydrogens is 134 g/mol. The van der Waals surface area contributed by atoms with Crippen LogP contribution in [0.3, 0.4) is 0 Å². The van der Waals surface area contributed by atoms with Gasteiger partial charge in [-0.2, -0.15) is 5.06 Å². The summed E-state index contributed by atoms with van der Waals surface area (Å²) >= 11 is 0. The fraction of sp³-hybridized carbons (Fsp3) is 1.00. The van der Waals surface area contributed by atoms with Crippen LogP contribution in [0.2, 0.25) is 0 Å². The fourth-order valence-electron chi connectivity index (χ4n) is 0.484. The molecule has 0 aliphatic carbocycles. The highest BCUT2D eigenvalue weighted by molar-refractivity contribution is 4.58. The topological polar surface area (TPSA) is 63.9 Å². The second-order valence-corrected chi connectivity index (χ2v) is 2.55. The smallest absolute Gasteiger partial charge is 0.0920 e. The molecule has 0 saturated carbocycles. The SMILES string of the molecule is CC(C)N(O)C[C@H](O)CO. The average Bonchev–Trinajstić information content (AvgIpc) is 1.87. The summed E-state index contributed by atoms with van der Waals surface area (Å²) in [6, 6.07) is -0.0267. The summed E-state index contributed by atoms with van der Waals surface area (Å²) < 4.78 is 0. The van der Waals surface area contributed by atoms with Crippen molar-refractivity contribution in [2.24, 2.45) is 0 Å². The van der Waals surface area contributed by atoms with Gasteiger partial charge < -0.3 is 15.4 Å². The molecule has 0 fully saturated rings. The monoisotopic (exact) mass is 149 g/mol. The largest absolute Gasteiger partial charge is 0.394 e. The van der Waals surface area contributed by atoms with Crippen molar-refractivity contribution in [2.75, 3.05) is 13.2 Å². The lowest BCUT2D eigenvalue weighted by Crippen LogP contribution is -2.36. The highest BCUT2D eigenvalue weighted by Gasteiger charge is 2.10. The van der Waals surface area contributed by atoms with E-state index in [1.165, 1.54) is 0 Å². The molecule has 0 aliphatic heterocycles. The molecule has 1 atom stereocenters. The Hall–Kier alpha value is -0.160. The molecule has 0 radical (unpaired) electrons. The van der Waals surface area contributed by atoms with Crippen molar-refractivity contribution in [3.8, 4) is 0 Å². The van der Waals surface area contributed by atoms with E-state index in [0.717, 1.165) is 5.06 Å². The first kappa shape index (κ1) is 9.84. The lowest BCUT2D eigenvalue weighted by atomic mass is 10.3. The molecule has 4 nitrogen and oxygen atoms in total. The van der Waals surface area contributed by atoms with E-state index in [1.807, 2.05) is 0 Å². The molecule has 0 aromatic carbocycles. The Morgan fingerprint density at radius 2 is 1.90 bits per heavy atom. The quantitative estimate of drug-likeness (QED) is 0.469. The van der Waals surface area contributed by atoms with Crippen molar-refractivity contribution in [1.29, 1.82) is 0 Å². The molecule has 0 saturated heterocycles. The third-order valence-corrected chi connectivity index (χ3v) is 1.20. The molecule has 4 heteroatoms. The molecule has 0 unspecified atom stereocenters. The zero-order chi connectivity index (χ0) is 8.15. The zero-order valence-electron chi connectivity index (χ0n) is 6.36. The molecule has 0 aliphatic rings. The van der Waals surface area contributed by atoms with Gasteiger partial charge in [0.1, 0.15) is 0 Å². The number of aliphatic hydroxyl groups is 2. The van der Waals surface area contributed by atoms with E-state index in [0.29, 0.717) is 0 Å². The van der Waals surface area contributed by atoms with Crippen molar-refractivity contribution >= 4 is 0 Å². The third-order valence-electron chi connectivity index (χ3n) is 1.20. The van der Waals surface area contributed by atoms with Crippen molar-refractivity contribution in [1.82, 2.24) is 5.06 Å². The Bertz CT molecular complexity index is 87.1. The minimum Gasteiger partial charge on any atom is -0.394 e. The summed E-state index contributed by atoms with van der Waals surface area (Å²) in [5.74, 6) is 0. The van der Waals surface area contributed by atoms with Gasteiger partial charge in [-0.15, -0.1) is 0 Å². The van der Waals surface area contributed by atoms with E-state index in [1.54, 1.807) is 13.8 Å². The number of hydrogen-bond donors (Lipinski definition) is 3. The Labute approximate surface area is 60.7 Å². The first-order valence-electron chi connectivity index (χ1n) is 3.32. The normalized spacial score (nSPS) is 14.7. The highest BCUT2D eigenvalue weighted by atomic mass is 16.5. The van der Waals surface area contributed by atoms with Gasteiger partial charge in [0.05, 0.1) is 19.3 Å². The molecule has 3 N–H and O–H groups in total. The minimum absolute atomic E-state index is 0.0267. The summed E-state index contributed by atoms with van der Waals surface area (Å²) in [5, 5.41) is 27.2. The average molecular weight is 149 g/mol. The molecule has 10 heavy (non-hydrogen) atoms. The van der Waals surface area contributed by atoms with Gasteiger partial charge in [0.2, 0.25) is 0 Å². The maximum absolute atomic E-state index is 8.99. The van der Waals surface area contributed by atoms with Gasteiger partial charge in [0, 0.05) is 6.04 Å². The summed E-state index contributed by atoms with van der Waals surface area (Å²) in [7, 11) is 0. The van der Waals surface area contributed by atoms with Gasteiger partial charge in [-0.25, -0.2) is 0 Å². The van der Waals surface area contributed by atoms with Gasteiger partial charge in [0.15, 0.2) is 0 Å². The number of hydroxylamine groups is 2. The standard InChI is InChI=1S/C6H15NO3/c1-5(2)7(10)3-6(9)4-8/h5-6,8-10H,3-4H2,1-2H3/t6-/m0/s1. The molecule has 0 bridgehead atoms. The zero-order valence-corrected chi connectivity index (χ0v) is 6.36. The number of hydrogen-bond acceptors (Lipinski definition) is 4. The van der Waals surface area contributed by atoms with Gasteiger partial charge in [-0.3, -0.25) is 0 Å². The van der Waals surface area contributed by atoms with Gasteiger partial charge in [-0.1, -0.05) is 0 Å². The van der Waals surface area contributed by atoms with Gasteiger partial charge in [0.25, 0.3) is 0 Å². The Kier molecular flexibility index (Phi) is 4.55. The van der Waals surface area contributed by atoms with Crippen molar-refractivity contribution < 1.29 is 15.4 Å². The fourth-order valence-corrected chi connectivity index (χ4v) is 0.484. The van der Waals surface area contributed by atoms with Crippen LogP contribution in [0.5, 0.6) is 0 Å². The van der Waals surface area contributed by atoms with Crippen LogP contribution in [0, 0.1) is 0 Å². The van der Waals surface area contributed by atoms with Gasteiger partial charge >= 0.3 is 0 Å². The minimum atomic E-state index is -0.854. The molecular formula is C6H15NO3. The van der Waals surface area contributed by atoms with E-state index in [-0.39, 0.29) is 19.2 Å². The Morgan fingerprint density at radius 3 is 2.20 bits per heavy atom. The van der Waals surface area contributed by atoms with Crippen LogP contribution in [-0.4, -0.2) is 45.8 Å². The van der Waals surface area contributed by atoms with Crippen LogP contribution in [0.15, 0.2) is 0 Å². The van der Waals surface area contributed by atoms with Crippen LogP contribution in [0.1, 0.15) is 13.8 Å². The summed E-state index contributed by atoms with van der Waals surface area (Å²) in [6.45, 7) is 3.37. The summed E-state index contributed by atoms with van der Waals surface area (Å²) in [5.41, 5.74) is 0. The summed E-state index contributed by atoms with van der Waals surface area (Å²) in [6.07, 6.45) is -0.854. The van der Waals surface area contributed by atoms with Crippen LogP contribution >= 0.6 is 0 Å². The maximum Gasteiger partial charge on any atom is 0.0920 e. The van der Waals surface area contributed by atoms with Crippen LogP contribution in [-0.2, 0) is 0 Å². The predicted molar refractivity (Wildman–Crippen MR) is 36.7 cm³/mol. The van der Waals surface area contributed by atoms with Crippen LogP contribution < -0.4 is 0 Å². The second kappa shape index (κ2) is 4.62. The molecule has 0 rings (SSSR count). The molecule has 0 heterocycles. The summed E-state index contributed by atoms with van der Waals surface area (Å²) in [4.78, 5) is 0. The molecule has 0 aromatic rings. The lowest BCUT2D eigenvalue weighted by Gasteiger charge is -2.20. The number of aliphatic hydroxyl groups excluding tert-OH is 2. The van der Waals surface area contributed by atoms with Crippen LogP contribution in [0.4, 0.5) is 0 Å². The Balaban J connectivity index is 3.46. The van der Waals surface area contributed by atoms with Gasteiger partial charge in [-0.05, 0) is 13.8 Å². The van der Waals surface area contributed by atoms with E-state index in [2.05, 4.69) is 0 Å². The van der Waals surface area contributed by atoms with Crippen LogP contribution in [0.25, 0.3) is 0 Å². The van der Waals surface area contributed by atoms with Crippen molar-refractivity contribution in [3.63, 3.8) is 0 Å². The molecule has 62 valence electrons. The number of rotatable bonds is 4. The first-order chi connectivity index (χ1) is 4.57. The van der Waals surface area contributed by atoms with Crippen molar-refractivity contribution in [2.45, 2.75) is 26.0 Å². The molecule has 0 spiro atoms. The second-order valence-electron chi connectivity index (χ2n) is 2.55. The highest BCUT2D eigenvalue weighted by Crippen LogP contribution is 1.94. The first-order valence-corrected chi connectivity index (χ1v) is 3.32. The maximum atomic E-state index is 8.99. The predicted octanol–water partition coefficient (Wildman–Crippen LogP) is -0.561. The Morgan fingerprint density at radius 1 is 1.40 bits per heavy atom. The van der Waals surface area contributed by atoms with E-state index < -0.39 is 6.10 Å². The lowest BCUT2D eigenvalue weighted by molar-refractivity contribution is -0.140. The van der Waals surface area contributed by atoms with E-state index in [9.17, 15) is 0 Å².